The van der Waals surface area contributed by atoms with Crippen LogP contribution in [-0.2, 0) is 0 Å². The predicted octanol–water partition coefficient (Wildman–Crippen LogP) is 2.57. The van der Waals surface area contributed by atoms with E-state index in [1.165, 1.54) is 51.7 Å². The van der Waals surface area contributed by atoms with E-state index in [1.807, 2.05) is 0 Å². The molecule has 2 unspecified atom stereocenters. The van der Waals surface area contributed by atoms with Crippen molar-refractivity contribution in [2.45, 2.75) is 71.0 Å². The van der Waals surface area contributed by atoms with Gasteiger partial charge in [0.2, 0.25) is 0 Å². The Morgan fingerprint density at radius 1 is 1.15 bits per heavy atom. The molecule has 0 radical (unpaired) electrons. The molecule has 0 aromatic rings. The van der Waals surface area contributed by atoms with E-state index in [2.05, 4.69) is 42.9 Å². The summed E-state index contributed by atoms with van der Waals surface area (Å²) in [5, 5.41) is 3.80. The zero-order valence-corrected chi connectivity index (χ0v) is 14.1. The number of rotatable bonds is 8. The summed E-state index contributed by atoms with van der Waals surface area (Å²) < 4.78 is 0. The van der Waals surface area contributed by atoms with Crippen LogP contribution in [0.15, 0.2) is 0 Å². The van der Waals surface area contributed by atoms with Gasteiger partial charge in [0, 0.05) is 24.7 Å². The number of likely N-dealkylation sites (tertiary alicyclic amines) is 1. The van der Waals surface area contributed by atoms with Gasteiger partial charge in [0.05, 0.1) is 0 Å². The molecular formula is C17H35N3. The average molecular weight is 281 g/mol. The van der Waals surface area contributed by atoms with Crippen molar-refractivity contribution < 1.29 is 0 Å². The van der Waals surface area contributed by atoms with Gasteiger partial charge in [-0.3, -0.25) is 4.90 Å². The molecule has 0 aromatic carbocycles. The Kier molecular flexibility index (Phi) is 6.31. The van der Waals surface area contributed by atoms with Crippen molar-refractivity contribution in [2.75, 3.05) is 33.2 Å². The molecule has 2 rings (SSSR count). The van der Waals surface area contributed by atoms with Crippen LogP contribution in [0.5, 0.6) is 0 Å². The van der Waals surface area contributed by atoms with Crippen LogP contribution in [-0.4, -0.2) is 61.2 Å². The normalized spacial score (nSPS) is 25.1. The van der Waals surface area contributed by atoms with E-state index in [-0.39, 0.29) is 0 Å². The van der Waals surface area contributed by atoms with Gasteiger partial charge in [-0.1, -0.05) is 6.92 Å². The number of likely N-dealkylation sites (N-methyl/N-ethyl adjacent to an activating group) is 1. The first-order valence-corrected chi connectivity index (χ1v) is 8.79. The Morgan fingerprint density at radius 3 is 2.35 bits per heavy atom. The van der Waals surface area contributed by atoms with E-state index >= 15 is 0 Å². The highest BCUT2D eigenvalue weighted by molar-refractivity contribution is 4.87. The summed E-state index contributed by atoms with van der Waals surface area (Å²) in [5.41, 5.74) is 0. The molecule has 20 heavy (non-hydrogen) atoms. The highest BCUT2D eigenvalue weighted by Gasteiger charge is 2.29. The maximum absolute atomic E-state index is 3.80. The van der Waals surface area contributed by atoms with Gasteiger partial charge >= 0.3 is 0 Å². The molecule has 0 aromatic heterocycles. The molecule has 3 heteroatoms. The van der Waals surface area contributed by atoms with E-state index < -0.39 is 0 Å². The molecule has 1 N–H and O–H groups in total. The average Bonchev–Trinajstić information content (AvgIpc) is 3.29. The van der Waals surface area contributed by atoms with Gasteiger partial charge in [0.25, 0.3) is 0 Å². The molecule has 0 bridgehead atoms. The second-order valence-electron chi connectivity index (χ2n) is 7.12. The number of hydrogen-bond acceptors (Lipinski definition) is 3. The maximum Gasteiger partial charge on any atom is 0.0192 e. The summed E-state index contributed by atoms with van der Waals surface area (Å²) >= 11 is 0. The molecule has 3 nitrogen and oxygen atoms in total. The Balaban J connectivity index is 1.63. The predicted molar refractivity (Wildman–Crippen MR) is 87.2 cm³/mol. The lowest BCUT2D eigenvalue weighted by Gasteiger charge is -2.36. The van der Waals surface area contributed by atoms with E-state index in [1.54, 1.807) is 0 Å². The Bertz CT molecular complexity index is 269. The van der Waals surface area contributed by atoms with Gasteiger partial charge in [-0.25, -0.2) is 0 Å². The summed E-state index contributed by atoms with van der Waals surface area (Å²) in [6.45, 7) is 12.1. The van der Waals surface area contributed by atoms with Gasteiger partial charge in [-0.15, -0.1) is 0 Å². The fraction of sp³-hybridized carbons (Fsp3) is 1.00. The second-order valence-corrected chi connectivity index (χ2v) is 7.12. The first kappa shape index (κ1) is 16.3. The summed E-state index contributed by atoms with van der Waals surface area (Å²) in [5.74, 6) is 0.876. The summed E-state index contributed by atoms with van der Waals surface area (Å²) in [7, 11) is 2.29. The van der Waals surface area contributed by atoms with E-state index in [0.717, 1.165) is 18.5 Å². The summed E-state index contributed by atoms with van der Waals surface area (Å²) in [4.78, 5) is 5.19. The number of hydrogen-bond donors (Lipinski definition) is 1. The van der Waals surface area contributed by atoms with Crippen molar-refractivity contribution in [2.24, 2.45) is 5.92 Å². The van der Waals surface area contributed by atoms with Crippen molar-refractivity contribution in [1.82, 2.24) is 15.1 Å². The van der Waals surface area contributed by atoms with Gasteiger partial charge < -0.3 is 10.2 Å². The van der Waals surface area contributed by atoms with Gasteiger partial charge in [-0.05, 0) is 78.6 Å². The summed E-state index contributed by atoms with van der Waals surface area (Å²) in [6, 6.07) is 2.22. The fourth-order valence-electron chi connectivity index (χ4n) is 3.50. The van der Waals surface area contributed by atoms with Gasteiger partial charge in [-0.2, -0.15) is 0 Å². The summed E-state index contributed by atoms with van der Waals surface area (Å²) in [6.07, 6.45) is 6.87. The van der Waals surface area contributed by atoms with Crippen LogP contribution < -0.4 is 5.32 Å². The van der Waals surface area contributed by atoms with Gasteiger partial charge in [0.15, 0.2) is 0 Å². The number of nitrogens with one attached hydrogen (secondary N) is 1. The second kappa shape index (κ2) is 7.77. The molecule has 2 aliphatic rings. The quantitative estimate of drug-likeness (QED) is 0.738. The topological polar surface area (TPSA) is 18.5 Å². The minimum absolute atomic E-state index is 0.671. The molecular weight excluding hydrogens is 246 g/mol. The number of nitrogens with zero attached hydrogens (tertiary/aromatic N) is 2. The molecule has 1 saturated carbocycles. The van der Waals surface area contributed by atoms with Crippen molar-refractivity contribution in [3.05, 3.63) is 0 Å². The van der Waals surface area contributed by atoms with E-state index in [9.17, 15) is 0 Å². The van der Waals surface area contributed by atoms with Gasteiger partial charge in [0.1, 0.15) is 0 Å². The van der Waals surface area contributed by atoms with Crippen molar-refractivity contribution in [1.29, 1.82) is 0 Å². The van der Waals surface area contributed by atoms with Crippen molar-refractivity contribution in [3.8, 4) is 0 Å². The molecule has 2 atom stereocenters. The lowest BCUT2D eigenvalue weighted by molar-refractivity contribution is 0.156. The molecule has 0 spiro atoms. The van der Waals surface area contributed by atoms with E-state index in [0.29, 0.717) is 12.1 Å². The molecule has 1 saturated heterocycles. The van der Waals surface area contributed by atoms with Crippen LogP contribution >= 0.6 is 0 Å². The first-order chi connectivity index (χ1) is 9.61. The van der Waals surface area contributed by atoms with Crippen LogP contribution in [0, 0.1) is 5.92 Å². The largest absolute Gasteiger partial charge is 0.312 e. The van der Waals surface area contributed by atoms with Crippen LogP contribution in [0.25, 0.3) is 0 Å². The Labute approximate surface area is 126 Å². The Hall–Kier alpha value is -0.120. The monoisotopic (exact) mass is 281 g/mol. The minimum Gasteiger partial charge on any atom is -0.312 e. The lowest BCUT2D eigenvalue weighted by Crippen LogP contribution is -2.46. The maximum atomic E-state index is 3.80. The van der Waals surface area contributed by atoms with Crippen molar-refractivity contribution in [3.63, 3.8) is 0 Å². The molecule has 0 amide bonds. The molecule has 1 aliphatic carbocycles. The van der Waals surface area contributed by atoms with Crippen molar-refractivity contribution >= 4 is 0 Å². The standard InChI is InChI=1S/C17H35N3/c1-5-10-20-11-8-16(9-12-20)15(3)18-13-14(2)19(4)17-6-7-17/h14-18H,5-13H2,1-4H3. The minimum atomic E-state index is 0.671. The fourth-order valence-corrected chi connectivity index (χ4v) is 3.50. The zero-order chi connectivity index (χ0) is 14.5. The molecule has 1 aliphatic heterocycles. The van der Waals surface area contributed by atoms with Crippen LogP contribution in [0.1, 0.15) is 52.9 Å². The third-order valence-corrected chi connectivity index (χ3v) is 5.43. The molecule has 1 heterocycles. The zero-order valence-electron chi connectivity index (χ0n) is 14.1. The van der Waals surface area contributed by atoms with Crippen LogP contribution in [0.2, 0.25) is 0 Å². The third kappa shape index (κ3) is 4.71. The molecule has 2 fully saturated rings. The molecule has 118 valence electrons. The SMILES string of the molecule is CCCN1CCC(C(C)NCC(C)N(C)C2CC2)CC1. The number of piperidine rings is 1. The van der Waals surface area contributed by atoms with E-state index in [4.69, 9.17) is 0 Å². The van der Waals surface area contributed by atoms with Crippen LogP contribution in [0.3, 0.4) is 0 Å². The highest BCUT2D eigenvalue weighted by Crippen LogP contribution is 2.27. The first-order valence-electron chi connectivity index (χ1n) is 8.79. The highest BCUT2D eigenvalue weighted by atomic mass is 15.2. The Morgan fingerprint density at radius 2 is 1.80 bits per heavy atom. The third-order valence-electron chi connectivity index (χ3n) is 5.43. The smallest absolute Gasteiger partial charge is 0.0192 e. The van der Waals surface area contributed by atoms with Crippen LogP contribution in [0.4, 0.5) is 0 Å². The lowest BCUT2D eigenvalue weighted by atomic mass is 9.90.